The van der Waals surface area contributed by atoms with Crippen molar-refractivity contribution in [2.75, 3.05) is 23.3 Å². The standard InChI is InChI=1S/C25H31ClN5O6P/c26-21-11-16(1-2-17(21)14-32)12-27-22-20(13-28-24(30-22)31-10-9-25(15-31)7-8-25)23(33)29-18-3-5-19(6-4-18)37-38(34,35)36/h1-2,11,13-14,18-19H,3-10,12,15H2,(H,29,33)(H,27,28,30)(H2,34,35,36)/t18-,19-. The van der Waals surface area contributed by atoms with Crippen molar-refractivity contribution >= 4 is 43.4 Å². The average molecular weight is 564 g/mol. The third-order valence-electron chi connectivity index (χ3n) is 7.65. The lowest BCUT2D eigenvalue weighted by Gasteiger charge is -2.29. The molecule has 1 aliphatic heterocycles. The summed E-state index contributed by atoms with van der Waals surface area (Å²) in [7, 11) is -4.54. The number of halogens is 1. The lowest BCUT2D eigenvalue weighted by molar-refractivity contribution is 0.0820. The van der Waals surface area contributed by atoms with Crippen molar-refractivity contribution in [3.05, 3.63) is 46.1 Å². The number of benzene rings is 1. The number of rotatable bonds is 9. The molecule has 2 aromatic rings. The molecular formula is C25H31ClN5O6P. The average Bonchev–Trinajstić information content (AvgIpc) is 3.51. The second-order valence-electron chi connectivity index (χ2n) is 10.5. The number of anilines is 2. The maximum Gasteiger partial charge on any atom is 0.469 e. The number of carbonyl (C=O) groups is 2. The summed E-state index contributed by atoms with van der Waals surface area (Å²) >= 11 is 6.18. The highest BCUT2D eigenvalue weighted by Crippen LogP contribution is 2.53. The van der Waals surface area contributed by atoms with Crippen LogP contribution in [0.2, 0.25) is 5.02 Å². The zero-order chi connectivity index (χ0) is 26.9. The number of hydrogen-bond donors (Lipinski definition) is 4. The molecule has 2 aliphatic carbocycles. The molecule has 13 heteroatoms. The molecule has 1 aromatic carbocycles. The van der Waals surface area contributed by atoms with Crippen LogP contribution >= 0.6 is 19.4 Å². The lowest BCUT2D eigenvalue weighted by Crippen LogP contribution is -2.39. The molecule has 1 spiro atoms. The molecule has 204 valence electrons. The highest BCUT2D eigenvalue weighted by Gasteiger charge is 2.48. The van der Waals surface area contributed by atoms with Gasteiger partial charge in [-0.3, -0.25) is 14.1 Å². The Morgan fingerprint density at radius 2 is 2.00 bits per heavy atom. The molecule has 5 rings (SSSR count). The molecule has 0 bridgehead atoms. The highest BCUT2D eigenvalue weighted by atomic mass is 35.5. The van der Waals surface area contributed by atoms with Gasteiger partial charge in [0.1, 0.15) is 11.4 Å². The first kappa shape index (κ1) is 27.0. The van der Waals surface area contributed by atoms with Gasteiger partial charge in [0.2, 0.25) is 5.95 Å². The van der Waals surface area contributed by atoms with Gasteiger partial charge in [0.05, 0.1) is 11.1 Å². The molecule has 1 amide bonds. The van der Waals surface area contributed by atoms with E-state index in [9.17, 15) is 14.2 Å². The van der Waals surface area contributed by atoms with Crippen LogP contribution in [0.5, 0.6) is 0 Å². The minimum absolute atomic E-state index is 0.158. The van der Waals surface area contributed by atoms with Crippen LogP contribution < -0.4 is 15.5 Å². The number of phosphoric ester groups is 1. The van der Waals surface area contributed by atoms with Crippen LogP contribution in [0.25, 0.3) is 0 Å². The Kier molecular flexibility index (Phi) is 7.75. The zero-order valence-corrected chi connectivity index (χ0v) is 22.5. The van der Waals surface area contributed by atoms with Crippen LogP contribution in [0.1, 0.15) is 71.2 Å². The maximum atomic E-state index is 13.3. The highest BCUT2D eigenvalue weighted by molar-refractivity contribution is 7.46. The Bertz CT molecular complexity index is 1260. The number of nitrogens with one attached hydrogen (secondary N) is 2. The first-order valence-corrected chi connectivity index (χ1v) is 14.7. The van der Waals surface area contributed by atoms with Gasteiger partial charge in [0, 0.05) is 37.4 Å². The van der Waals surface area contributed by atoms with Crippen LogP contribution in [-0.4, -0.2) is 57.2 Å². The van der Waals surface area contributed by atoms with E-state index in [0.29, 0.717) is 71.8 Å². The van der Waals surface area contributed by atoms with Crippen LogP contribution in [-0.2, 0) is 15.6 Å². The molecule has 3 aliphatic rings. The smallest absolute Gasteiger partial charge is 0.365 e. The molecule has 0 unspecified atom stereocenters. The molecule has 0 radical (unpaired) electrons. The van der Waals surface area contributed by atoms with Gasteiger partial charge < -0.3 is 25.3 Å². The number of phosphoric acid groups is 1. The summed E-state index contributed by atoms with van der Waals surface area (Å²) in [6.07, 6.45) is 7.24. The van der Waals surface area contributed by atoms with Crippen LogP contribution in [0, 0.1) is 5.41 Å². The fraction of sp³-hybridized carbons (Fsp3) is 0.520. The van der Waals surface area contributed by atoms with E-state index in [-0.39, 0.29) is 11.9 Å². The third-order valence-corrected chi connectivity index (χ3v) is 8.55. The topological polar surface area (TPSA) is 154 Å². The molecule has 3 fully saturated rings. The van der Waals surface area contributed by atoms with Crippen molar-refractivity contribution in [3.8, 4) is 0 Å². The number of nitrogens with zero attached hydrogens (tertiary/aromatic N) is 3. The Morgan fingerprint density at radius 3 is 2.63 bits per heavy atom. The Labute approximate surface area is 225 Å². The van der Waals surface area contributed by atoms with E-state index in [4.69, 9.17) is 30.9 Å². The van der Waals surface area contributed by atoms with Crippen LogP contribution in [0.4, 0.5) is 11.8 Å². The van der Waals surface area contributed by atoms with Gasteiger partial charge in [0.25, 0.3) is 5.91 Å². The first-order valence-electron chi connectivity index (χ1n) is 12.8. The van der Waals surface area contributed by atoms with E-state index in [1.807, 2.05) is 0 Å². The minimum Gasteiger partial charge on any atom is -0.365 e. The Hall–Kier alpha value is -2.56. The summed E-state index contributed by atoms with van der Waals surface area (Å²) in [5.41, 5.74) is 1.93. The summed E-state index contributed by atoms with van der Waals surface area (Å²) in [4.78, 5) is 53.9. The second kappa shape index (κ2) is 10.9. The van der Waals surface area contributed by atoms with Gasteiger partial charge in [0.15, 0.2) is 6.29 Å². The van der Waals surface area contributed by atoms with Crippen molar-refractivity contribution in [1.82, 2.24) is 15.3 Å². The summed E-state index contributed by atoms with van der Waals surface area (Å²) in [5.74, 6) is 0.656. The molecule has 1 aromatic heterocycles. The molecule has 4 N–H and O–H groups in total. The zero-order valence-electron chi connectivity index (χ0n) is 20.8. The van der Waals surface area contributed by atoms with Crippen LogP contribution in [0.15, 0.2) is 24.4 Å². The fourth-order valence-electron chi connectivity index (χ4n) is 5.25. The van der Waals surface area contributed by atoms with Gasteiger partial charge in [-0.2, -0.15) is 4.98 Å². The van der Waals surface area contributed by atoms with Crippen molar-refractivity contribution in [2.45, 2.75) is 63.6 Å². The summed E-state index contributed by atoms with van der Waals surface area (Å²) in [5, 5.41) is 6.62. The van der Waals surface area contributed by atoms with E-state index in [1.165, 1.54) is 12.8 Å². The number of aldehydes is 1. The van der Waals surface area contributed by atoms with E-state index >= 15 is 0 Å². The van der Waals surface area contributed by atoms with Crippen LogP contribution in [0.3, 0.4) is 0 Å². The minimum atomic E-state index is -4.54. The first-order chi connectivity index (χ1) is 18.1. The fourth-order valence-corrected chi connectivity index (χ4v) is 6.10. The molecule has 2 saturated carbocycles. The number of aromatic nitrogens is 2. The Balaban J connectivity index is 1.29. The number of carbonyl (C=O) groups excluding carboxylic acids is 2. The molecule has 0 atom stereocenters. The summed E-state index contributed by atoms with van der Waals surface area (Å²) < 4.78 is 15.9. The van der Waals surface area contributed by atoms with E-state index in [0.717, 1.165) is 25.1 Å². The largest absolute Gasteiger partial charge is 0.469 e. The van der Waals surface area contributed by atoms with Crippen molar-refractivity contribution < 1.29 is 28.5 Å². The molecule has 1 saturated heterocycles. The monoisotopic (exact) mass is 563 g/mol. The van der Waals surface area contributed by atoms with E-state index in [2.05, 4.69) is 20.5 Å². The van der Waals surface area contributed by atoms with Crippen molar-refractivity contribution in [3.63, 3.8) is 0 Å². The number of hydrogen-bond acceptors (Lipinski definition) is 8. The van der Waals surface area contributed by atoms with Gasteiger partial charge in [-0.15, -0.1) is 0 Å². The lowest BCUT2D eigenvalue weighted by atomic mass is 9.93. The van der Waals surface area contributed by atoms with E-state index < -0.39 is 13.9 Å². The van der Waals surface area contributed by atoms with Crippen molar-refractivity contribution in [1.29, 1.82) is 0 Å². The molecule has 38 heavy (non-hydrogen) atoms. The molecule has 2 heterocycles. The molecular weight excluding hydrogens is 533 g/mol. The quantitative estimate of drug-likeness (QED) is 0.262. The summed E-state index contributed by atoms with van der Waals surface area (Å²) in [6.45, 7) is 2.14. The predicted octanol–water partition coefficient (Wildman–Crippen LogP) is 3.70. The van der Waals surface area contributed by atoms with E-state index in [1.54, 1.807) is 24.4 Å². The molecule has 11 nitrogen and oxygen atoms in total. The van der Waals surface area contributed by atoms with Gasteiger partial charge >= 0.3 is 7.82 Å². The normalized spacial score (nSPS) is 22.3. The summed E-state index contributed by atoms with van der Waals surface area (Å²) in [6, 6.07) is 4.99. The van der Waals surface area contributed by atoms with Gasteiger partial charge in [-0.05, 0) is 68.1 Å². The maximum absolute atomic E-state index is 13.3. The predicted molar refractivity (Wildman–Crippen MR) is 141 cm³/mol. The van der Waals surface area contributed by atoms with Gasteiger partial charge in [-0.25, -0.2) is 9.55 Å². The number of amides is 1. The third kappa shape index (κ3) is 6.52. The second-order valence-corrected chi connectivity index (χ2v) is 12.1. The van der Waals surface area contributed by atoms with Gasteiger partial charge in [-0.1, -0.05) is 17.7 Å². The van der Waals surface area contributed by atoms with Crippen molar-refractivity contribution in [2.24, 2.45) is 5.41 Å². The Morgan fingerprint density at radius 1 is 1.24 bits per heavy atom. The SMILES string of the molecule is O=Cc1ccc(CNc2nc(N3CCC4(CC4)C3)ncc2C(=O)N[C@H]2CC[C@H](OP(=O)(O)O)CC2)cc1Cl.